The number of hydrogen-bond donors (Lipinski definition) is 2. The summed E-state index contributed by atoms with van der Waals surface area (Å²) in [5.41, 5.74) is 7.34. The summed E-state index contributed by atoms with van der Waals surface area (Å²) < 4.78 is 27.8. The normalized spacial score (nSPS) is 14.8. The average Bonchev–Trinajstić information content (AvgIpc) is 2.83. The number of carbonyl (C=O) groups excluding carboxylic acids is 2. The lowest BCUT2D eigenvalue weighted by Crippen LogP contribution is -2.43. The van der Waals surface area contributed by atoms with Gasteiger partial charge in [0.1, 0.15) is 24.7 Å². The van der Waals surface area contributed by atoms with Crippen LogP contribution in [0.2, 0.25) is 0 Å². The van der Waals surface area contributed by atoms with E-state index in [2.05, 4.69) is 0 Å². The molecule has 2 aromatic rings. The fraction of sp³-hybridized carbons (Fsp3) is 0.318. The van der Waals surface area contributed by atoms with Gasteiger partial charge in [-0.1, -0.05) is 18.2 Å². The van der Waals surface area contributed by atoms with E-state index in [0.717, 1.165) is 17.0 Å². The van der Waals surface area contributed by atoms with Crippen LogP contribution in [0.3, 0.4) is 0 Å². The van der Waals surface area contributed by atoms with Gasteiger partial charge in [-0.15, -0.1) is 0 Å². The Bertz CT molecular complexity index is 1030. The molecule has 3 rings (SSSR count). The second kappa shape index (κ2) is 9.22. The lowest BCUT2D eigenvalue weighted by molar-refractivity contribution is -0.137. The zero-order chi connectivity index (χ0) is 22.7. The highest BCUT2D eigenvalue weighted by Crippen LogP contribution is 2.26. The lowest BCUT2D eigenvalue weighted by Gasteiger charge is -2.22. The molecule has 1 heterocycles. The van der Waals surface area contributed by atoms with Crippen LogP contribution < -0.4 is 10.6 Å². The second-order valence-corrected chi connectivity index (χ2v) is 7.61. The maximum Gasteiger partial charge on any atom is 0.323 e. The first-order chi connectivity index (χ1) is 14.7. The molecule has 0 aliphatic carbocycles. The Hall–Kier alpha value is -3.33. The van der Waals surface area contributed by atoms with Gasteiger partial charge in [-0.3, -0.25) is 19.3 Å². The van der Waals surface area contributed by atoms with E-state index in [1.807, 2.05) is 0 Å². The van der Waals surface area contributed by atoms with Crippen molar-refractivity contribution in [1.29, 1.82) is 0 Å². The molecule has 0 spiro atoms. The van der Waals surface area contributed by atoms with Crippen molar-refractivity contribution in [1.82, 2.24) is 4.90 Å². The second-order valence-electron chi connectivity index (χ2n) is 7.61. The van der Waals surface area contributed by atoms with Gasteiger partial charge in [-0.25, -0.2) is 8.78 Å². The first kappa shape index (κ1) is 22.4. The number of carboxylic acids is 1. The van der Waals surface area contributed by atoms with E-state index in [-0.39, 0.29) is 37.1 Å². The molecule has 31 heavy (non-hydrogen) atoms. The number of para-hydroxylation sites is 1. The molecule has 7 nitrogen and oxygen atoms in total. The summed E-state index contributed by atoms with van der Waals surface area (Å²) in [6.45, 7) is 0.737. The van der Waals surface area contributed by atoms with Crippen LogP contribution in [0.4, 0.5) is 14.5 Å². The molecule has 0 bridgehead atoms. The van der Waals surface area contributed by atoms with Gasteiger partial charge in [-0.05, 0) is 48.2 Å². The van der Waals surface area contributed by atoms with Gasteiger partial charge in [0.25, 0.3) is 0 Å². The predicted octanol–water partition coefficient (Wildman–Crippen LogP) is 1.99. The number of hydrogen-bond acceptors (Lipinski definition) is 4. The number of rotatable bonds is 6. The lowest BCUT2D eigenvalue weighted by atomic mass is 10.0. The summed E-state index contributed by atoms with van der Waals surface area (Å²) in [6, 6.07) is 8.14. The molecule has 1 aliphatic heterocycles. The Balaban J connectivity index is 1.74. The molecular weight excluding hydrogens is 408 g/mol. The number of aryl methyl sites for hydroxylation is 1. The fourth-order valence-corrected chi connectivity index (χ4v) is 3.59. The van der Waals surface area contributed by atoms with E-state index < -0.39 is 42.0 Å². The molecule has 0 unspecified atom stereocenters. The number of halogens is 2. The van der Waals surface area contributed by atoms with Gasteiger partial charge in [-0.2, -0.15) is 0 Å². The third kappa shape index (κ3) is 5.24. The summed E-state index contributed by atoms with van der Waals surface area (Å²) in [5.74, 6) is -3.27. The maximum atomic E-state index is 14.1. The first-order valence-electron chi connectivity index (χ1n) is 9.73. The number of carboxylic acid groups (broad SMARTS) is 1. The van der Waals surface area contributed by atoms with Crippen LogP contribution in [0.25, 0.3) is 0 Å². The minimum absolute atomic E-state index is 0.0434. The van der Waals surface area contributed by atoms with Gasteiger partial charge in [0, 0.05) is 24.7 Å². The Kier molecular flexibility index (Phi) is 6.65. The van der Waals surface area contributed by atoms with Crippen LogP contribution in [0.15, 0.2) is 36.4 Å². The quantitative estimate of drug-likeness (QED) is 0.728. The predicted molar refractivity (Wildman–Crippen MR) is 109 cm³/mol. The smallest absolute Gasteiger partial charge is 0.323 e. The third-order valence-electron chi connectivity index (χ3n) is 5.16. The molecule has 0 saturated heterocycles. The van der Waals surface area contributed by atoms with E-state index in [1.54, 1.807) is 24.3 Å². The van der Waals surface area contributed by atoms with E-state index in [4.69, 9.17) is 10.8 Å². The van der Waals surface area contributed by atoms with Gasteiger partial charge >= 0.3 is 5.97 Å². The van der Waals surface area contributed by atoms with Crippen molar-refractivity contribution in [2.24, 2.45) is 5.73 Å². The Labute approximate surface area is 178 Å². The molecule has 2 aromatic carbocycles. The molecule has 1 atom stereocenters. The third-order valence-corrected chi connectivity index (χ3v) is 5.16. The van der Waals surface area contributed by atoms with Crippen LogP contribution in [0, 0.1) is 18.6 Å². The van der Waals surface area contributed by atoms with Crippen LogP contribution in [0.1, 0.15) is 23.1 Å². The number of benzene rings is 2. The summed E-state index contributed by atoms with van der Waals surface area (Å²) >= 11 is 0. The minimum Gasteiger partial charge on any atom is -0.480 e. The Morgan fingerprint density at radius 3 is 2.58 bits per heavy atom. The van der Waals surface area contributed by atoms with Gasteiger partial charge < -0.3 is 15.7 Å². The topological polar surface area (TPSA) is 104 Å². The number of nitrogens with zero attached hydrogens (tertiary/aromatic N) is 2. The highest BCUT2D eigenvalue weighted by molar-refractivity contribution is 6.01. The van der Waals surface area contributed by atoms with E-state index in [9.17, 15) is 23.2 Å². The average molecular weight is 431 g/mol. The summed E-state index contributed by atoms with van der Waals surface area (Å²) in [5, 5.41) is 9.15. The van der Waals surface area contributed by atoms with Crippen LogP contribution in [0.5, 0.6) is 0 Å². The molecule has 9 heteroatoms. The highest BCUT2D eigenvalue weighted by Gasteiger charge is 2.30. The summed E-state index contributed by atoms with van der Waals surface area (Å²) in [7, 11) is 0. The SMILES string of the molecule is Cc1cc(F)c(C[C@@H](N)CC(=O)N2CC(=O)N(CC(=O)O)c3ccccc3C2)cc1F. The number of anilines is 1. The zero-order valence-corrected chi connectivity index (χ0v) is 17.0. The van der Waals surface area contributed by atoms with Gasteiger partial charge in [0.05, 0.1) is 0 Å². The molecule has 164 valence electrons. The largest absolute Gasteiger partial charge is 0.480 e. The fourth-order valence-electron chi connectivity index (χ4n) is 3.59. The minimum atomic E-state index is -1.17. The van der Waals surface area contributed by atoms with E-state index >= 15 is 0 Å². The van der Waals surface area contributed by atoms with Crippen molar-refractivity contribution in [2.45, 2.75) is 32.4 Å². The Morgan fingerprint density at radius 1 is 1.16 bits per heavy atom. The van der Waals surface area contributed by atoms with Crippen LogP contribution >= 0.6 is 0 Å². The Morgan fingerprint density at radius 2 is 1.87 bits per heavy atom. The number of fused-ring (bicyclic) bond motifs is 1. The summed E-state index contributed by atoms with van der Waals surface area (Å²) in [4.78, 5) is 39.1. The molecule has 0 fully saturated rings. The molecule has 3 N–H and O–H groups in total. The van der Waals surface area contributed by atoms with E-state index in [1.165, 1.54) is 11.8 Å². The monoisotopic (exact) mass is 431 g/mol. The molecule has 0 saturated carbocycles. The van der Waals surface area contributed by atoms with Crippen molar-refractivity contribution in [3.8, 4) is 0 Å². The van der Waals surface area contributed by atoms with Gasteiger partial charge in [0.15, 0.2) is 0 Å². The van der Waals surface area contributed by atoms with Crippen molar-refractivity contribution < 1.29 is 28.3 Å². The van der Waals surface area contributed by atoms with Crippen molar-refractivity contribution in [3.05, 3.63) is 64.7 Å². The highest BCUT2D eigenvalue weighted by atomic mass is 19.1. The van der Waals surface area contributed by atoms with Crippen molar-refractivity contribution in [3.63, 3.8) is 0 Å². The van der Waals surface area contributed by atoms with Crippen molar-refractivity contribution >= 4 is 23.5 Å². The van der Waals surface area contributed by atoms with Crippen molar-refractivity contribution in [2.75, 3.05) is 18.0 Å². The summed E-state index contributed by atoms with van der Waals surface area (Å²) in [6.07, 6.45) is -0.221. The standard InChI is InChI=1S/C22H23F2N3O4/c1-13-6-18(24)15(8-17(13)23)7-16(25)9-20(28)26-10-14-4-2-3-5-19(14)27(12-22(30)31)21(29)11-26/h2-6,8,16H,7,9-12,25H2,1H3,(H,30,31)/t16-/m1/s1. The molecule has 2 amide bonds. The van der Waals surface area contributed by atoms with E-state index in [0.29, 0.717) is 11.3 Å². The number of aliphatic carboxylic acids is 1. The molecule has 0 radical (unpaired) electrons. The number of nitrogens with two attached hydrogens (primary N) is 1. The number of carbonyl (C=O) groups is 3. The molecule has 0 aromatic heterocycles. The van der Waals surface area contributed by atoms with Gasteiger partial charge in [0.2, 0.25) is 11.8 Å². The number of amides is 2. The molecule has 1 aliphatic rings. The van der Waals surface area contributed by atoms with Crippen LogP contribution in [-0.4, -0.2) is 46.9 Å². The zero-order valence-electron chi connectivity index (χ0n) is 17.0. The maximum absolute atomic E-state index is 14.1. The van der Waals surface area contributed by atoms with Crippen LogP contribution in [-0.2, 0) is 27.3 Å². The molecular formula is C22H23F2N3O4. The first-order valence-corrected chi connectivity index (χ1v) is 9.73.